The minimum absolute atomic E-state index is 0. The smallest absolute Gasteiger partial charge is 0.225 e. The van der Waals surface area contributed by atoms with Crippen LogP contribution in [0.1, 0.15) is 20.3 Å². The van der Waals surface area contributed by atoms with Crippen molar-refractivity contribution in [3.63, 3.8) is 0 Å². The number of ether oxygens (including phenoxy) is 1. The maximum absolute atomic E-state index is 12.0. The molecule has 2 rings (SSSR count). The minimum Gasteiger partial charge on any atom is -0.490 e. The van der Waals surface area contributed by atoms with Crippen LogP contribution in [-0.4, -0.2) is 56.1 Å². The zero-order chi connectivity index (χ0) is 18.2. The van der Waals surface area contributed by atoms with E-state index in [2.05, 4.69) is 15.6 Å². The van der Waals surface area contributed by atoms with E-state index in [1.54, 1.807) is 13.1 Å². The van der Waals surface area contributed by atoms with Crippen molar-refractivity contribution in [2.75, 3.05) is 33.3 Å². The molecule has 1 fully saturated rings. The second-order valence-corrected chi connectivity index (χ2v) is 6.75. The van der Waals surface area contributed by atoms with Crippen LogP contribution in [0.3, 0.4) is 0 Å². The van der Waals surface area contributed by atoms with Crippen molar-refractivity contribution in [2.24, 2.45) is 10.9 Å². The van der Waals surface area contributed by atoms with Gasteiger partial charge in [0.05, 0.1) is 11.6 Å². The Kier molecular flexibility index (Phi) is 10.1. The van der Waals surface area contributed by atoms with E-state index in [1.807, 2.05) is 36.9 Å². The molecule has 6 nitrogen and oxygen atoms in total. The van der Waals surface area contributed by atoms with E-state index < -0.39 is 0 Å². The summed E-state index contributed by atoms with van der Waals surface area (Å²) in [6.07, 6.45) is 0.926. The van der Waals surface area contributed by atoms with Gasteiger partial charge in [0, 0.05) is 32.1 Å². The van der Waals surface area contributed by atoms with Crippen molar-refractivity contribution in [3.8, 4) is 5.75 Å². The number of guanidine groups is 1. The maximum atomic E-state index is 12.0. The molecule has 0 bridgehead atoms. The molecule has 1 aliphatic heterocycles. The summed E-state index contributed by atoms with van der Waals surface area (Å²) in [6.45, 7) is 6.46. The van der Waals surface area contributed by atoms with Gasteiger partial charge in [0.15, 0.2) is 5.96 Å². The molecule has 1 unspecified atom stereocenters. The van der Waals surface area contributed by atoms with Crippen LogP contribution in [0.25, 0.3) is 0 Å². The van der Waals surface area contributed by atoms with Crippen LogP contribution in [0.4, 0.5) is 0 Å². The number of carbonyl (C=O) groups is 1. The standard InChI is InChI=1S/C18H27ClN4O2.HI/c1-13(2)17(24)23-10-8-14(12-23)22-18(20-3)21-9-11-25-16-7-5-4-6-15(16)19;/h4-7,13-14H,8-12H2,1-3H3,(H2,20,21,22);1H. The third kappa shape index (κ3) is 6.83. The molecule has 0 spiro atoms. The summed E-state index contributed by atoms with van der Waals surface area (Å²) in [5, 5.41) is 7.19. The predicted octanol–water partition coefficient (Wildman–Crippen LogP) is 2.76. The van der Waals surface area contributed by atoms with Crippen LogP contribution in [0.5, 0.6) is 5.75 Å². The lowest BCUT2D eigenvalue weighted by Crippen LogP contribution is -2.46. The van der Waals surface area contributed by atoms with E-state index in [0.717, 1.165) is 13.0 Å². The van der Waals surface area contributed by atoms with Crippen molar-refractivity contribution in [1.29, 1.82) is 0 Å². The molecular weight excluding hydrogens is 467 g/mol. The van der Waals surface area contributed by atoms with Crippen LogP contribution >= 0.6 is 35.6 Å². The number of hydrogen-bond acceptors (Lipinski definition) is 3. The highest BCUT2D eigenvalue weighted by Crippen LogP contribution is 2.22. The summed E-state index contributed by atoms with van der Waals surface area (Å²) in [6, 6.07) is 7.62. The fourth-order valence-electron chi connectivity index (χ4n) is 2.72. The van der Waals surface area contributed by atoms with E-state index in [9.17, 15) is 4.79 Å². The summed E-state index contributed by atoms with van der Waals surface area (Å²) in [7, 11) is 1.73. The lowest BCUT2D eigenvalue weighted by molar-refractivity contribution is -0.133. The topological polar surface area (TPSA) is 66.0 Å². The Morgan fingerprint density at radius 2 is 2.15 bits per heavy atom. The molecule has 1 aliphatic rings. The summed E-state index contributed by atoms with van der Waals surface area (Å²) in [4.78, 5) is 18.2. The minimum atomic E-state index is 0. The van der Waals surface area contributed by atoms with Crippen LogP contribution in [0.2, 0.25) is 5.02 Å². The number of nitrogens with zero attached hydrogens (tertiary/aromatic N) is 2. The number of hydrogen-bond donors (Lipinski definition) is 2. The first-order valence-corrected chi connectivity index (χ1v) is 9.02. The first kappa shape index (κ1) is 22.8. The Morgan fingerprint density at radius 1 is 1.42 bits per heavy atom. The molecule has 1 atom stereocenters. The number of halogens is 2. The van der Waals surface area contributed by atoms with E-state index in [4.69, 9.17) is 16.3 Å². The third-order valence-electron chi connectivity index (χ3n) is 4.05. The molecule has 1 saturated heterocycles. The van der Waals surface area contributed by atoms with Crippen LogP contribution in [0.15, 0.2) is 29.3 Å². The van der Waals surface area contributed by atoms with E-state index in [1.165, 1.54) is 0 Å². The summed E-state index contributed by atoms with van der Waals surface area (Å²) in [5.41, 5.74) is 0. The van der Waals surface area contributed by atoms with E-state index in [-0.39, 0.29) is 41.8 Å². The lowest BCUT2D eigenvalue weighted by Gasteiger charge is -2.20. The molecule has 8 heteroatoms. The Labute approximate surface area is 177 Å². The van der Waals surface area contributed by atoms with E-state index in [0.29, 0.717) is 36.4 Å². The van der Waals surface area contributed by atoms with Crippen molar-refractivity contribution in [3.05, 3.63) is 29.3 Å². The largest absolute Gasteiger partial charge is 0.490 e. The highest BCUT2D eigenvalue weighted by molar-refractivity contribution is 14.0. The fraction of sp³-hybridized carbons (Fsp3) is 0.556. The van der Waals surface area contributed by atoms with Gasteiger partial charge in [-0.25, -0.2) is 0 Å². The van der Waals surface area contributed by atoms with Crippen molar-refractivity contribution in [2.45, 2.75) is 26.3 Å². The van der Waals surface area contributed by atoms with Gasteiger partial charge in [-0.3, -0.25) is 9.79 Å². The zero-order valence-electron chi connectivity index (χ0n) is 15.5. The number of carbonyl (C=O) groups excluding carboxylic acids is 1. The monoisotopic (exact) mass is 494 g/mol. The number of para-hydroxylation sites is 1. The number of likely N-dealkylation sites (tertiary alicyclic amines) is 1. The molecule has 0 aromatic heterocycles. The van der Waals surface area contributed by atoms with Gasteiger partial charge >= 0.3 is 0 Å². The zero-order valence-corrected chi connectivity index (χ0v) is 18.6. The second-order valence-electron chi connectivity index (χ2n) is 6.35. The number of amides is 1. The SMILES string of the molecule is CN=C(NCCOc1ccccc1Cl)NC1CCN(C(=O)C(C)C)C1.I. The Balaban J connectivity index is 0.00000338. The Morgan fingerprint density at radius 3 is 2.81 bits per heavy atom. The van der Waals surface area contributed by atoms with Gasteiger partial charge in [0.25, 0.3) is 0 Å². The van der Waals surface area contributed by atoms with Gasteiger partial charge in [-0.05, 0) is 18.6 Å². The van der Waals surface area contributed by atoms with E-state index >= 15 is 0 Å². The molecular formula is C18H28ClIN4O2. The molecule has 26 heavy (non-hydrogen) atoms. The molecule has 1 heterocycles. The van der Waals surface area contributed by atoms with Crippen LogP contribution in [-0.2, 0) is 4.79 Å². The molecule has 146 valence electrons. The number of nitrogens with one attached hydrogen (secondary N) is 2. The van der Waals surface area contributed by atoms with Gasteiger partial charge < -0.3 is 20.3 Å². The first-order chi connectivity index (χ1) is 12.0. The Bertz CT molecular complexity index is 613. The number of rotatable bonds is 6. The molecule has 2 N–H and O–H groups in total. The lowest BCUT2D eigenvalue weighted by atomic mass is 10.2. The molecule has 0 radical (unpaired) electrons. The van der Waals surface area contributed by atoms with Gasteiger partial charge in [-0.1, -0.05) is 37.6 Å². The van der Waals surface area contributed by atoms with Gasteiger partial charge in [-0.15, -0.1) is 24.0 Å². The maximum Gasteiger partial charge on any atom is 0.225 e. The molecule has 0 aliphatic carbocycles. The third-order valence-corrected chi connectivity index (χ3v) is 4.36. The number of aliphatic imine (C=N–C) groups is 1. The van der Waals surface area contributed by atoms with Gasteiger partial charge in [0.2, 0.25) is 5.91 Å². The molecule has 1 aromatic rings. The van der Waals surface area contributed by atoms with Gasteiger partial charge in [0.1, 0.15) is 12.4 Å². The van der Waals surface area contributed by atoms with Gasteiger partial charge in [-0.2, -0.15) is 0 Å². The average Bonchev–Trinajstić information content (AvgIpc) is 3.06. The summed E-state index contributed by atoms with van der Waals surface area (Å²) in [5.74, 6) is 1.64. The average molecular weight is 495 g/mol. The quantitative estimate of drug-likeness (QED) is 0.276. The Hall–Kier alpha value is -1.22. The highest BCUT2D eigenvalue weighted by Gasteiger charge is 2.27. The normalized spacial score (nSPS) is 17.0. The van der Waals surface area contributed by atoms with Crippen molar-refractivity contribution in [1.82, 2.24) is 15.5 Å². The van der Waals surface area contributed by atoms with Crippen LogP contribution in [0, 0.1) is 5.92 Å². The first-order valence-electron chi connectivity index (χ1n) is 8.64. The molecule has 1 amide bonds. The fourth-order valence-corrected chi connectivity index (χ4v) is 2.91. The van der Waals surface area contributed by atoms with Crippen molar-refractivity contribution < 1.29 is 9.53 Å². The highest BCUT2D eigenvalue weighted by atomic mass is 127. The predicted molar refractivity (Wildman–Crippen MR) is 117 cm³/mol. The molecule has 0 saturated carbocycles. The summed E-state index contributed by atoms with van der Waals surface area (Å²) < 4.78 is 5.65. The van der Waals surface area contributed by atoms with Crippen LogP contribution < -0.4 is 15.4 Å². The number of benzene rings is 1. The molecule has 1 aromatic carbocycles. The summed E-state index contributed by atoms with van der Waals surface area (Å²) >= 11 is 6.05. The van der Waals surface area contributed by atoms with Crippen molar-refractivity contribution >= 4 is 47.4 Å². The second kappa shape index (κ2) is 11.5.